The fourth-order valence-electron chi connectivity index (χ4n) is 1.22. The minimum Gasteiger partial charge on any atom is -0.444 e. The molecule has 0 fully saturated rings. The summed E-state index contributed by atoms with van der Waals surface area (Å²) < 4.78 is 9.17. The molecule has 0 aliphatic rings. The number of aromatic nitrogens is 1. The second kappa shape index (κ2) is 5.48. The maximum Gasteiger partial charge on any atom is 0.410 e. The van der Waals surface area contributed by atoms with Crippen molar-refractivity contribution in [1.29, 1.82) is 0 Å². The van der Waals surface area contributed by atoms with E-state index in [4.69, 9.17) is 4.74 Å². The molecule has 18 heavy (non-hydrogen) atoms. The number of nitrogens with zero attached hydrogens (tertiary/aromatic N) is 2. The molecular formula is C12H18N2O3S. The van der Waals surface area contributed by atoms with Crippen molar-refractivity contribution in [2.45, 2.75) is 39.3 Å². The fraction of sp³-hybridized carbons (Fsp3) is 0.583. The maximum atomic E-state index is 12.0. The van der Waals surface area contributed by atoms with Crippen molar-refractivity contribution < 1.29 is 14.3 Å². The number of likely N-dealkylation sites (N-methyl/N-ethyl adjacent to an activating group) is 1. The minimum absolute atomic E-state index is 0.190. The Morgan fingerprint density at radius 1 is 1.44 bits per heavy atom. The Morgan fingerprint density at radius 2 is 2.06 bits per heavy atom. The van der Waals surface area contributed by atoms with Crippen molar-refractivity contribution in [2.75, 3.05) is 7.05 Å². The molecule has 0 spiro atoms. The van der Waals surface area contributed by atoms with Crippen LogP contribution in [0.15, 0.2) is 11.4 Å². The van der Waals surface area contributed by atoms with E-state index in [9.17, 15) is 9.59 Å². The minimum atomic E-state index is -0.595. The van der Waals surface area contributed by atoms with E-state index in [1.54, 1.807) is 46.2 Å². The van der Waals surface area contributed by atoms with E-state index in [0.717, 1.165) is 0 Å². The van der Waals surface area contributed by atoms with Crippen molar-refractivity contribution >= 4 is 23.4 Å². The van der Waals surface area contributed by atoms with E-state index in [2.05, 4.69) is 4.37 Å². The highest BCUT2D eigenvalue weighted by Gasteiger charge is 2.28. The number of carbonyl (C=O) groups excluding carboxylic acids is 2. The second-order valence-corrected chi connectivity index (χ2v) is 5.68. The van der Waals surface area contributed by atoms with Crippen LogP contribution in [0.4, 0.5) is 4.79 Å². The third kappa shape index (κ3) is 3.80. The summed E-state index contributed by atoms with van der Waals surface area (Å²) in [5.41, 5.74) is -0.197. The van der Waals surface area contributed by atoms with Gasteiger partial charge in [0.25, 0.3) is 0 Å². The molecule has 0 N–H and O–H groups in total. The molecule has 0 aliphatic heterocycles. The van der Waals surface area contributed by atoms with Crippen LogP contribution in [0.25, 0.3) is 0 Å². The molecule has 1 aromatic heterocycles. The molecule has 0 aromatic carbocycles. The molecule has 0 radical (unpaired) electrons. The van der Waals surface area contributed by atoms with Gasteiger partial charge in [0.2, 0.25) is 5.78 Å². The summed E-state index contributed by atoms with van der Waals surface area (Å²) >= 11 is 1.21. The second-order valence-electron chi connectivity index (χ2n) is 5.02. The van der Waals surface area contributed by atoms with Crippen LogP contribution < -0.4 is 0 Å². The Hall–Kier alpha value is -1.43. The molecular weight excluding hydrogens is 252 g/mol. The van der Waals surface area contributed by atoms with Crippen LogP contribution in [0.1, 0.15) is 38.2 Å². The molecule has 1 atom stereocenters. The zero-order valence-electron chi connectivity index (χ0n) is 11.3. The lowest BCUT2D eigenvalue weighted by molar-refractivity contribution is 0.0231. The van der Waals surface area contributed by atoms with Gasteiger partial charge >= 0.3 is 6.09 Å². The van der Waals surface area contributed by atoms with Gasteiger partial charge in [0.05, 0.1) is 6.04 Å². The quantitative estimate of drug-likeness (QED) is 0.792. The van der Waals surface area contributed by atoms with Gasteiger partial charge in [-0.3, -0.25) is 4.79 Å². The van der Waals surface area contributed by atoms with Crippen molar-refractivity contribution in [3.8, 4) is 0 Å². The van der Waals surface area contributed by atoms with Crippen LogP contribution >= 0.6 is 11.5 Å². The van der Waals surface area contributed by atoms with Gasteiger partial charge in [0.1, 0.15) is 11.3 Å². The summed E-state index contributed by atoms with van der Waals surface area (Å²) in [5.74, 6) is -0.190. The SMILES string of the molecule is C[C@@H](C(=O)c1ccsn1)N(C)C(=O)OC(C)(C)C. The van der Waals surface area contributed by atoms with Gasteiger partial charge in [-0.05, 0) is 45.3 Å². The highest BCUT2D eigenvalue weighted by atomic mass is 32.1. The van der Waals surface area contributed by atoms with Crippen LogP contribution in [0.5, 0.6) is 0 Å². The van der Waals surface area contributed by atoms with Gasteiger partial charge in [0, 0.05) is 12.4 Å². The van der Waals surface area contributed by atoms with E-state index in [1.807, 2.05) is 0 Å². The lowest BCUT2D eigenvalue weighted by Crippen LogP contribution is -2.43. The molecule has 0 unspecified atom stereocenters. The monoisotopic (exact) mass is 270 g/mol. The number of hydrogen-bond donors (Lipinski definition) is 0. The van der Waals surface area contributed by atoms with E-state index in [-0.39, 0.29) is 5.78 Å². The molecule has 100 valence electrons. The number of hydrogen-bond acceptors (Lipinski definition) is 5. The third-order valence-corrected chi connectivity index (χ3v) is 2.89. The summed E-state index contributed by atoms with van der Waals surface area (Å²) in [6.07, 6.45) is -0.515. The zero-order valence-corrected chi connectivity index (χ0v) is 12.1. The first-order chi connectivity index (χ1) is 8.22. The van der Waals surface area contributed by atoms with Gasteiger partial charge in [-0.2, -0.15) is 4.37 Å². The number of ketones is 1. The Kier molecular flexibility index (Phi) is 4.45. The molecule has 0 aliphatic carbocycles. The Bertz CT molecular complexity index is 423. The molecule has 5 nitrogen and oxygen atoms in total. The smallest absolute Gasteiger partial charge is 0.410 e. The fourth-order valence-corrected chi connectivity index (χ4v) is 1.74. The molecule has 0 bridgehead atoms. The summed E-state index contributed by atoms with van der Waals surface area (Å²) in [7, 11) is 1.54. The van der Waals surface area contributed by atoms with E-state index in [0.29, 0.717) is 5.69 Å². The molecule has 1 heterocycles. The van der Waals surface area contributed by atoms with Crippen LogP contribution in [0.3, 0.4) is 0 Å². The molecule has 0 saturated heterocycles. The van der Waals surface area contributed by atoms with E-state index >= 15 is 0 Å². The lowest BCUT2D eigenvalue weighted by atomic mass is 10.1. The predicted molar refractivity (Wildman–Crippen MR) is 69.9 cm³/mol. The van der Waals surface area contributed by atoms with Crippen molar-refractivity contribution in [2.24, 2.45) is 0 Å². The van der Waals surface area contributed by atoms with Crippen LogP contribution in [-0.2, 0) is 4.74 Å². The van der Waals surface area contributed by atoms with Gasteiger partial charge in [0.15, 0.2) is 0 Å². The van der Waals surface area contributed by atoms with E-state index < -0.39 is 17.7 Å². The van der Waals surface area contributed by atoms with Gasteiger partial charge in [-0.15, -0.1) is 0 Å². The number of rotatable bonds is 3. The molecule has 0 saturated carbocycles. The van der Waals surface area contributed by atoms with Gasteiger partial charge in [-0.1, -0.05) is 0 Å². The summed E-state index contributed by atoms with van der Waals surface area (Å²) in [6.45, 7) is 7.01. The highest BCUT2D eigenvalue weighted by molar-refractivity contribution is 7.03. The zero-order chi connectivity index (χ0) is 13.9. The standard InChI is InChI=1S/C12H18N2O3S/c1-8(10(15)9-6-7-18-13-9)14(5)11(16)17-12(2,3)4/h6-8H,1-5H3/t8-/m0/s1. The average Bonchev–Trinajstić information content (AvgIpc) is 2.77. The first-order valence-electron chi connectivity index (χ1n) is 5.63. The van der Waals surface area contributed by atoms with Crippen molar-refractivity contribution in [3.63, 3.8) is 0 Å². The maximum absolute atomic E-state index is 12.0. The predicted octanol–water partition coefficient (Wildman–Crippen LogP) is 2.58. The number of carbonyl (C=O) groups is 2. The normalized spacial score (nSPS) is 12.9. The summed E-state index contributed by atoms with van der Waals surface area (Å²) in [5, 5.41) is 1.73. The lowest BCUT2D eigenvalue weighted by Gasteiger charge is -2.27. The van der Waals surface area contributed by atoms with Crippen molar-refractivity contribution in [3.05, 3.63) is 17.1 Å². The largest absolute Gasteiger partial charge is 0.444 e. The van der Waals surface area contributed by atoms with Crippen LogP contribution in [0.2, 0.25) is 0 Å². The Morgan fingerprint density at radius 3 is 2.50 bits per heavy atom. The van der Waals surface area contributed by atoms with Crippen LogP contribution in [0, 0.1) is 0 Å². The molecule has 1 rings (SSSR count). The first kappa shape index (κ1) is 14.6. The first-order valence-corrected chi connectivity index (χ1v) is 6.46. The van der Waals surface area contributed by atoms with Gasteiger partial charge < -0.3 is 9.64 Å². The summed E-state index contributed by atoms with van der Waals surface area (Å²) in [4.78, 5) is 25.1. The number of Topliss-reactive ketones (excluding diaryl/α,β-unsaturated/α-hetero) is 1. The number of amides is 1. The van der Waals surface area contributed by atoms with Crippen molar-refractivity contribution in [1.82, 2.24) is 9.27 Å². The van der Waals surface area contributed by atoms with Gasteiger partial charge in [-0.25, -0.2) is 4.79 Å². The third-order valence-electron chi connectivity index (χ3n) is 2.33. The molecule has 1 aromatic rings. The Balaban J connectivity index is 2.69. The number of ether oxygens (including phenoxy) is 1. The molecule has 1 amide bonds. The molecule has 6 heteroatoms. The van der Waals surface area contributed by atoms with Crippen LogP contribution in [-0.4, -0.2) is 39.8 Å². The topological polar surface area (TPSA) is 59.5 Å². The highest BCUT2D eigenvalue weighted by Crippen LogP contribution is 2.13. The summed E-state index contributed by atoms with van der Waals surface area (Å²) in [6, 6.07) is 1.05. The van der Waals surface area contributed by atoms with E-state index in [1.165, 1.54) is 16.4 Å². The Labute approximate surface area is 111 Å². The average molecular weight is 270 g/mol.